The quantitative estimate of drug-likeness (QED) is 0.435. The smallest absolute Gasteiger partial charge is 0.263 e. The van der Waals surface area contributed by atoms with Crippen molar-refractivity contribution in [2.75, 3.05) is 5.32 Å². The fourth-order valence-electron chi connectivity index (χ4n) is 3.60. The molecule has 0 radical (unpaired) electrons. The Hall–Kier alpha value is -3.84. The number of amides is 1. The number of carbonyl (C=O) groups is 1. The van der Waals surface area contributed by atoms with E-state index in [0.717, 1.165) is 16.3 Å². The summed E-state index contributed by atoms with van der Waals surface area (Å²) in [6, 6.07) is 19.4. The molecule has 31 heavy (non-hydrogen) atoms. The molecule has 0 aliphatic rings. The van der Waals surface area contributed by atoms with Crippen molar-refractivity contribution in [3.63, 3.8) is 0 Å². The number of carbonyl (C=O) groups excluding carboxylic acids is 1. The van der Waals surface area contributed by atoms with Crippen LogP contribution in [0.2, 0.25) is 0 Å². The van der Waals surface area contributed by atoms with Crippen LogP contribution in [0.15, 0.2) is 83.2 Å². The maximum Gasteiger partial charge on any atom is 0.263 e. The average Bonchev–Trinajstić information content (AvgIpc) is 3.21. The molecular formula is C24H16FN3O2S. The van der Waals surface area contributed by atoms with Gasteiger partial charge in [-0.2, -0.15) is 0 Å². The molecule has 1 N–H and O–H groups in total. The van der Waals surface area contributed by atoms with E-state index >= 15 is 0 Å². The van der Waals surface area contributed by atoms with Gasteiger partial charge in [-0.15, -0.1) is 11.3 Å². The van der Waals surface area contributed by atoms with Crippen LogP contribution >= 0.6 is 11.3 Å². The van der Waals surface area contributed by atoms with Crippen molar-refractivity contribution in [3.05, 3.63) is 94.6 Å². The molecule has 0 fully saturated rings. The van der Waals surface area contributed by atoms with Gasteiger partial charge >= 0.3 is 0 Å². The number of nitrogens with one attached hydrogen (secondary N) is 1. The fraction of sp³-hybridized carbons (Fsp3) is 0.0417. The first-order valence-electron chi connectivity index (χ1n) is 9.60. The summed E-state index contributed by atoms with van der Waals surface area (Å²) < 4.78 is 14.6. The van der Waals surface area contributed by atoms with Crippen LogP contribution in [0, 0.1) is 5.82 Å². The highest BCUT2D eigenvalue weighted by Gasteiger charge is 2.15. The number of benzene rings is 3. The zero-order valence-electron chi connectivity index (χ0n) is 16.2. The fourth-order valence-corrected chi connectivity index (χ4v) is 4.51. The minimum atomic E-state index is -0.344. The number of halogens is 1. The molecule has 1 amide bonds. The Kier molecular flexibility index (Phi) is 4.80. The van der Waals surface area contributed by atoms with E-state index in [9.17, 15) is 14.0 Å². The number of nitrogens with zero attached hydrogens (tertiary/aromatic N) is 2. The second-order valence-electron chi connectivity index (χ2n) is 7.09. The molecule has 0 saturated carbocycles. The Labute approximate surface area is 180 Å². The third kappa shape index (κ3) is 3.60. The lowest BCUT2D eigenvalue weighted by Crippen LogP contribution is -2.27. The van der Waals surface area contributed by atoms with Crippen molar-refractivity contribution in [2.45, 2.75) is 6.54 Å². The van der Waals surface area contributed by atoms with Crippen molar-refractivity contribution in [1.29, 1.82) is 0 Å². The van der Waals surface area contributed by atoms with Gasteiger partial charge in [0, 0.05) is 22.0 Å². The van der Waals surface area contributed by atoms with Gasteiger partial charge in [-0.25, -0.2) is 9.37 Å². The van der Waals surface area contributed by atoms with Crippen molar-refractivity contribution in [3.8, 4) is 11.1 Å². The summed E-state index contributed by atoms with van der Waals surface area (Å²) in [5.74, 6) is -0.665. The van der Waals surface area contributed by atoms with E-state index < -0.39 is 0 Å². The van der Waals surface area contributed by atoms with Crippen molar-refractivity contribution < 1.29 is 9.18 Å². The summed E-state index contributed by atoms with van der Waals surface area (Å²) in [7, 11) is 0. The van der Waals surface area contributed by atoms with Gasteiger partial charge in [0.15, 0.2) is 0 Å². The normalized spacial score (nSPS) is 11.1. The Bertz CT molecular complexity index is 1480. The zero-order chi connectivity index (χ0) is 21.4. The topological polar surface area (TPSA) is 64.0 Å². The number of rotatable bonds is 4. The number of fused-ring (bicyclic) bond motifs is 2. The lowest BCUT2D eigenvalue weighted by atomic mass is 10.1. The molecule has 152 valence electrons. The molecule has 0 saturated heterocycles. The summed E-state index contributed by atoms with van der Waals surface area (Å²) in [5, 5.41) is 7.09. The van der Waals surface area contributed by atoms with E-state index in [0.29, 0.717) is 21.5 Å². The molecule has 5 aromatic rings. The SMILES string of the molecule is O=C(Cn1cnc2scc(-c3ccc(F)cc3)c2c1=O)Nc1cccc2ccccc12. The summed E-state index contributed by atoms with van der Waals surface area (Å²) in [4.78, 5) is 30.8. The predicted molar refractivity (Wildman–Crippen MR) is 122 cm³/mol. The minimum Gasteiger partial charge on any atom is -0.324 e. The molecule has 2 aromatic heterocycles. The molecule has 7 heteroatoms. The third-order valence-corrected chi connectivity index (χ3v) is 5.98. The molecule has 0 aliphatic heterocycles. The largest absolute Gasteiger partial charge is 0.324 e. The molecule has 3 aromatic carbocycles. The van der Waals surface area contributed by atoms with E-state index in [1.54, 1.807) is 12.1 Å². The highest BCUT2D eigenvalue weighted by atomic mass is 32.1. The standard InChI is InChI=1S/C24H16FN3O2S/c25-17-10-8-16(9-11-17)19-13-31-23-22(19)24(30)28(14-26-23)12-21(29)27-20-7-3-5-15-4-1-2-6-18(15)20/h1-11,13-14H,12H2,(H,27,29). The van der Waals surface area contributed by atoms with Crippen molar-refractivity contribution in [1.82, 2.24) is 9.55 Å². The summed E-state index contributed by atoms with van der Waals surface area (Å²) in [6.07, 6.45) is 1.39. The van der Waals surface area contributed by atoms with Crippen LogP contribution in [0.3, 0.4) is 0 Å². The monoisotopic (exact) mass is 429 g/mol. The maximum absolute atomic E-state index is 13.3. The second-order valence-corrected chi connectivity index (χ2v) is 7.95. The second kappa shape index (κ2) is 7.77. The average molecular weight is 429 g/mol. The Morgan fingerprint density at radius 1 is 1.03 bits per heavy atom. The third-order valence-electron chi connectivity index (χ3n) is 5.09. The predicted octanol–water partition coefficient (Wildman–Crippen LogP) is 5.06. The number of anilines is 1. The molecule has 0 bridgehead atoms. The van der Waals surface area contributed by atoms with Crippen LogP contribution in [0.4, 0.5) is 10.1 Å². The van der Waals surface area contributed by atoms with Crippen LogP contribution in [0.1, 0.15) is 0 Å². The molecule has 0 aliphatic carbocycles. The lowest BCUT2D eigenvalue weighted by Gasteiger charge is -2.10. The van der Waals surface area contributed by atoms with E-state index in [2.05, 4.69) is 10.3 Å². The highest BCUT2D eigenvalue weighted by molar-refractivity contribution is 7.17. The van der Waals surface area contributed by atoms with Gasteiger partial charge in [-0.3, -0.25) is 14.2 Å². The van der Waals surface area contributed by atoms with Crippen LogP contribution in [-0.2, 0) is 11.3 Å². The van der Waals surface area contributed by atoms with Crippen LogP contribution in [0.5, 0.6) is 0 Å². The van der Waals surface area contributed by atoms with Gasteiger partial charge in [-0.05, 0) is 29.1 Å². The van der Waals surface area contributed by atoms with Crippen molar-refractivity contribution >= 4 is 43.9 Å². The molecule has 0 unspecified atom stereocenters. The van der Waals surface area contributed by atoms with E-state index in [1.165, 1.54) is 34.4 Å². The maximum atomic E-state index is 13.3. The summed E-state index contributed by atoms with van der Waals surface area (Å²) in [5.41, 5.74) is 1.79. The molecule has 2 heterocycles. The van der Waals surface area contributed by atoms with Crippen LogP contribution < -0.4 is 10.9 Å². The number of hydrogen-bond donors (Lipinski definition) is 1. The summed E-state index contributed by atoms with van der Waals surface area (Å²) in [6.45, 7) is -0.163. The summed E-state index contributed by atoms with van der Waals surface area (Å²) >= 11 is 1.34. The van der Waals surface area contributed by atoms with Gasteiger partial charge in [0.25, 0.3) is 5.56 Å². The lowest BCUT2D eigenvalue weighted by molar-refractivity contribution is -0.116. The first-order chi connectivity index (χ1) is 15.1. The molecule has 0 atom stereocenters. The first kappa shape index (κ1) is 19.1. The van der Waals surface area contributed by atoms with Crippen LogP contribution in [0.25, 0.3) is 32.1 Å². The zero-order valence-corrected chi connectivity index (χ0v) is 17.0. The minimum absolute atomic E-state index is 0.163. The Balaban J connectivity index is 1.47. The van der Waals surface area contributed by atoms with Gasteiger partial charge in [0.2, 0.25) is 5.91 Å². The molecular weight excluding hydrogens is 413 g/mol. The number of aromatic nitrogens is 2. The highest BCUT2D eigenvalue weighted by Crippen LogP contribution is 2.30. The van der Waals surface area contributed by atoms with Gasteiger partial charge < -0.3 is 5.32 Å². The van der Waals surface area contributed by atoms with Crippen molar-refractivity contribution in [2.24, 2.45) is 0 Å². The first-order valence-corrected chi connectivity index (χ1v) is 10.5. The van der Waals surface area contributed by atoms with Gasteiger partial charge in [0.05, 0.1) is 11.7 Å². The van der Waals surface area contributed by atoms with E-state index in [-0.39, 0.29) is 23.8 Å². The number of thiophene rings is 1. The van der Waals surface area contributed by atoms with Gasteiger partial charge in [0.1, 0.15) is 17.2 Å². The van der Waals surface area contributed by atoms with E-state index in [1.807, 2.05) is 47.8 Å². The van der Waals surface area contributed by atoms with E-state index in [4.69, 9.17) is 0 Å². The Morgan fingerprint density at radius 3 is 2.65 bits per heavy atom. The van der Waals surface area contributed by atoms with Gasteiger partial charge in [-0.1, -0.05) is 48.5 Å². The molecule has 5 rings (SSSR count). The Morgan fingerprint density at radius 2 is 1.81 bits per heavy atom. The van der Waals surface area contributed by atoms with Crippen LogP contribution in [-0.4, -0.2) is 15.5 Å². The number of hydrogen-bond acceptors (Lipinski definition) is 4. The molecule has 0 spiro atoms. The molecule has 5 nitrogen and oxygen atoms in total.